The number of rotatable bonds is 0. The lowest BCUT2D eigenvalue weighted by Gasteiger charge is -2.59. The summed E-state index contributed by atoms with van der Waals surface area (Å²) < 4.78 is 6.78. The van der Waals surface area contributed by atoms with Gasteiger partial charge in [0, 0.05) is 11.8 Å². The minimum absolute atomic E-state index is 0.181. The van der Waals surface area contributed by atoms with Gasteiger partial charge in [-0.2, -0.15) is 0 Å². The number of fused-ring (bicyclic) bond motifs is 9. The molecule has 2 heteroatoms. The van der Waals surface area contributed by atoms with E-state index in [0.717, 1.165) is 36.5 Å². The van der Waals surface area contributed by atoms with Gasteiger partial charge in [-0.3, -0.25) is 4.79 Å². The first-order valence-electron chi connectivity index (χ1n) is 11.0. The first-order chi connectivity index (χ1) is 12.4. The van der Waals surface area contributed by atoms with Crippen molar-refractivity contribution in [3.8, 4) is 0 Å². The second kappa shape index (κ2) is 4.74. The second-order valence-corrected chi connectivity index (χ2v) is 10.9. The van der Waals surface area contributed by atoms with Crippen molar-refractivity contribution >= 4 is 5.78 Å². The zero-order valence-electron chi connectivity index (χ0n) is 16.5. The Labute approximate surface area is 157 Å². The van der Waals surface area contributed by atoms with Crippen molar-refractivity contribution in [3.63, 3.8) is 0 Å². The number of carbonyl (C=O) groups excluding carboxylic acids is 1. The molecule has 26 heavy (non-hydrogen) atoms. The van der Waals surface area contributed by atoms with Gasteiger partial charge in [-0.05, 0) is 92.1 Å². The van der Waals surface area contributed by atoms with E-state index in [1.165, 1.54) is 37.7 Å². The summed E-state index contributed by atoms with van der Waals surface area (Å²) in [4.78, 5) is 12.0. The van der Waals surface area contributed by atoms with Crippen molar-refractivity contribution in [2.75, 3.05) is 0 Å². The molecule has 4 fully saturated rings. The Morgan fingerprint density at radius 3 is 2.73 bits per heavy atom. The van der Waals surface area contributed by atoms with E-state index in [1.807, 2.05) is 6.08 Å². The molecule has 0 bridgehead atoms. The minimum atomic E-state index is 0.181. The molecule has 9 atom stereocenters. The van der Waals surface area contributed by atoms with Gasteiger partial charge in [0.15, 0.2) is 5.78 Å². The van der Waals surface area contributed by atoms with Gasteiger partial charge in [0.2, 0.25) is 0 Å². The predicted molar refractivity (Wildman–Crippen MR) is 101 cm³/mol. The fourth-order valence-corrected chi connectivity index (χ4v) is 8.69. The monoisotopic (exact) mass is 352 g/mol. The average Bonchev–Trinajstić information content (AvgIpc) is 3.24. The van der Waals surface area contributed by atoms with Gasteiger partial charge in [-0.15, -0.1) is 0 Å². The molecular weight excluding hydrogens is 320 g/mol. The number of ketones is 1. The maximum Gasteiger partial charge on any atom is 0.156 e. The first kappa shape index (κ1) is 16.1. The summed E-state index contributed by atoms with van der Waals surface area (Å²) in [5, 5.41) is 0. The molecule has 0 amide bonds. The Bertz CT molecular complexity index is 749. The Morgan fingerprint density at radius 2 is 1.96 bits per heavy atom. The quantitative estimate of drug-likeness (QED) is 0.607. The van der Waals surface area contributed by atoms with E-state index in [9.17, 15) is 4.79 Å². The lowest BCUT2D eigenvalue weighted by Crippen LogP contribution is -2.56. The van der Waals surface area contributed by atoms with E-state index in [2.05, 4.69) is 32.9 Å². The third kappa shape index (κ3) is 1.68. The van der Waals surface area contributed by atoms with Gasteiger partial charge in [-0.25, -0.2) is 0 Å². The zero-order chi connectivity index (χ0) is 17.9. The zero-order valence-corrected chi connectivity index (χ0v) is 16.5. The lowest BCUT2D eigenvalue weighted by atomic mass is 9.47. The van der Waals surface area contributed by atoms with Gasteiger partial charge in [0.05, 0.1) is 11.7 Å². The van der Waals surface area contributed by atoms with Crippen molar-refractivity contribution < 1.29 is 9.53 Å². The van der Waals surface area contributed by atoms with Crippen LogP contribution in [-0.2, 0) is 9.53 Å². The van der Waals surface area contributed by atoms with E-state index in [-0.39, 0.29) is 11.0 Å². The molecule has 0 aromatic carbocycles. The molecule has 1 saturated heterocycles. The summed E-state index contributed by atoms with van der Waals surface area (Å²) in [7, 11) is 0. The van der Waals surface area contributed by atoms with Crippen LogP contribution < -0.4 is 0 Å². The molecule has 1 unspecified atom stereocenters. The fourth-order valence-electron chi connectivity index (χ4n) is 8.69. The molecule has 0 radical (unpaired) electrons. The van der Waals surface area contributed by atoms with E-state index in [4.69, 9.17) is 4.74 Å². The molecule has 5 aliphatic carbocycles. The number of hydrogen-bond acceptors (Lipinski definition) is 2. The Balaban J connectivity index is 1.43. The van der Waals surface area contributed by atoms with Crippen LogP contribution in [0.3, 0.4) is 0 Å². The van der Waals surface area contributed by atoms with Crippen LogP contribution in [0, 0.1) is 40.4 Å². The molecule has 3 saturated carbocycles. The van der Waals surface area contributed by atoms with Crippen LogP contribution in [0.4, 0.5) is 0 Å². The van der Waals surface area contributed by atoms with Crippen molar-refractivity contribution in [3.05, 3.63) is 23.8 Å². The van der Waals surface area contributed by atoms with Crippen LogP contribution in [0.2, 0.25) is 0 Å². The van der Waals surface area contributed by atoms with E-state index in [0.29, 0.717) is 23.2 Å². The molecule has 1 heterocycles. The summed E-state index contributed by atoms with van der Waals surface area (Å²) in [5.74, 6) is 4.26. The summed E-state index contributed by atoms with van der Waals surface area (Å²) >= 11 is 0. The largest absolute Gasteiger partial charge is 0.371 e. The highest BCUT2D eigenvalue weighted by Crippen LogP contribution is 2.78. The Morgan fingerprint density at radius 1 is 1.12 bits per heavy atom. The maximum absolute atomic E-state index is 12.0. The standard InChI is InChI=1S/C24H32O2/c1-14-6-11-24(26-14)20-13-18(20)21-17-5-4-15-12-16(25)7-9-22(15,2)19(17)8-10-23(21,24)3/h4-5,12,14,17-21H,6-11,13H2,1-3H3/t14?,17-,18-,19+,20+,21-,22+,23+,24+/m1/s1. The van der Waals surface area contributed by atoms with Crippen LogP contribution in [0.5, 0.6) is 0 Å². The smallest absolute Gasteiger partial charge is 0.156 e. The van der Waals surface area contributed by atoms with Gasteiger partial charge < -0.3 is 4.74 Å². The summed E-state index contributed by atoms with van der Waals surface area (Å²) in [6, 6.07) is 0. The highest BCUT2D eigenvalue weighted by Gasteiger charge is 2.77. The first-order valence-corrected chi connectivity index (χ1v) is 11.0. The SMILES string of the molecule is CC1CC[C@]2(O1)[C@H]1C[C@H]1[C@H]1[C@@H]3C=CC4=CC(=O)CC[C@]4(C)[C@H]3CC[C@@]12C. The molecule has 0 aromatic heterocycles. The van der Waals surface area contributed by atoms with Crippen LogP contribution >= 0.6 is 0 Å². The molecule has 6 aliphatic rings. The van der Waals surface area contributed by atoms with Crippen molar-refractivity contribution in [2.45, 2.75) is 77.4 Å². The summed E-state index contributed by atoms with van der Waals surface area (Å²) in [6.07, 6.45) is 15.6. The van der Waals surface area contributed by atoms with Gasteiger partial charge in [0.25, 0.3) is 0 Å². The van der Waals surface area contributed by atoms with Crippen LogP contribution in [0.1, 0.15) is 65.7 Å². The van der Waals surface area contributed by atoms with Crippen molar-refractivity contribution in [1.29, 1.82) is 0 Å². The average molecular weight is 353 g/mol. The normalized spacial score (nSPS) is 59.5. The maximum atomic E-state index is 12.0. The lowest BCUT2D eigenvalue weighted by molar-refractivity contribution is -0.159. The molecule has 0 aromatic rings. The Hall–Kier alpha value is -0.890. The molecule has 6 rings (SSSR count). The minimum Gasteiger partial charge on any atom is -0.371 e. The van der Waals surface area contributed by atoms with Crippen molar-refractivity contribution in [2.24, 2.45) is 40.4 Å². The topological polar surface area (TPSA) is 26.3 Å². The molecule has 1 aliphatic heterocycles. The highest BCUT2D eigenvalue weighted by atomic mass is 16.5. The van der Waals surface area contributed by atoms with Gasteiger partial charge in [-0.1, -0.05) is 26.0 Å². The summed E-state index contributed by atoms with van der Waals surface area (Å²) in [6.45, 7) is 7.33. The highest BCUT2D eigenvalue weighted by molar-refractivity contribution is 5.92. The number of hydrogen-bond donors (Lipinski definition) is 0. The van der Waals surface area contributed by atoms with E-state index >= 15 is 0 Å². The predicted octanol–water partition coefficient (Wildman–Crippen LogP) is 5.09. The van der Waals surface area contributed by atoms with Gasteiger partial charge in [0.1, 0.15) is 0 Å². The van der Waals surface area contributed by atoms with E-state index in [1.54, 1.807) is 0 Å². The third-order valence-electron chi connectivity index (χ3n) is 9.97. The summed E-state index contributed by atoms with van der Waals surface area (Å²) in [5.41, 5.74) is 2.09. The van der Waals surface area contributed by atoms with E-state index < -0.39 is 0 Å². The number of allylic oxidation sites excluding steroid dienone is 4. The molecule has 2 nitrogen and oxygen atoms in total. The van der Waals surface area contributed by atoms with Crippen molar-refractivity contribution in [1.82, 2.24) is 0 Å². The fraction of sp³-hybridized carbons (Fsp3) is 0.792. The Kier molecular flexibility index (Phi) is 2.94. The molecule has 0 N–H and O–H groups in total. The number of carbonyl (C=O) groups is 1. The molecular formula is C24H32O2. The number of ether oxygens (including phenoxy) is 1. The second-order valence-electron chi connectivity index (χ2n) is 10.9. The van der Waals surface area contributed by atoms with Crippen LogP contribution in [0.25, 0.3) is 0 Å². The molecule has 140 valence electrons. The van der Waals surface area contributed by atoms with Crippen LogP contribution in [-0.4, -0.2) is 17.5 Å². The van der Waals surface area contributed by atoms with Crippen LogP contribution in [0.15, 0.2) is 23.8 Å². The van der Waals surface area contributed by atoms with Gasteiger partial charge >= 0.3 is 0 Å². The third-order valence-corrected chi connectivity index (χ3v) is 9.97. The molecule has 1 spiro atoms.